The Bertz CT molecular complexity index is 1340. The van der Waals surface area contributed by atoms with E-state index in [1.54, 1.807) is 11.8 Å². The van der Waals surface area contributed by atoms with Crippen molar-refractivity contribution >= 4 is 29.0 Å². The quantitative estimate of drug-likeness (QED) is 0.346. The van der Waals surface area contributed by atoms with Crippen LogP contribution in [0.15, 0.2) is 41.7 Å². The van der Waals surface area contributed by atoms with Crippen molar-refractivity contribution in [3.8, 4) is 0 Å². The zero-order valence-electron chi connectivity index (χ0n) is 22.7. The Kier molecular flexibility index (Phi) is 8.24. The van der Waals surface area contributed by atoms with Crippen molar-refractivity contribution in [2.24, 2.45) is 0 Å². The Labute approximate surface area is 240 Å². The van der Waals surface area contributed by atoms with Gasteiger partial charge in [0, 0.05) is 60.0 Å². The molecule has 0 aliphatic carbocycles. The third-order valence-electron chi connectivity index (χ3n) is 7.10. The number of hydrogen-bond acceptors (Lipinski definition) is 8. The maximum absolute atomic E-state index is 13.1. The van der Waals surface area contributed by atoms with Crippen LogP contribution in [0.2, 0.25) is 0 Å². The molecule has 214 valence electrons. The summed E-state index contributed by atoms with van der Waals surface area (Å²) in [6, 6.07) is 5.96. The number of piperidine rings is 1. The van der Waals surface area contributed by atoms with E-state index in [-0.39, 0.29) is 11.5 Å². The summed E-state index contributed by atoms with van der Waals surface area (Å²) in [7, 11) is 0. The predicted molar refractivity (Wildman–Crippen MR) is 148 cm³/mol. The van der Waals surface area contributed by atoms with Gasteiger partial charge in [0.25, 0.3) is 5.91 Å². The second-order valence-electron chi connectivity index (χ2n) is 10.8. The molecule has 5 rings (SSSR count). The normalized spacial score (nSPS) is 18.4. The van der Waals surface area contributed by atoms with Gasteiger partial charge in [-0.3, -0.25) is 14.7 Å². The number of amides is 1. The minimum absolute atomic E-state index is 0.124. The number of nitrogens with one attached hydrogen (secondary N) is 1. The van der Waals surface area contributed by atoms with Crippen LogP contribution < -0.4 is 5.32 Å². The van der Waals surface area contributed by atoms with Crippen LogP contribution in [-0.2, 0) is 36.0 Å². The van der Waals surface area contributed by atoms with E-state index in [1.165, 1.54) is 23.7 Å². The molecule has 1 spiro atoms. The molecule has 12 heteroatoms. The maximum Gasteiger partial charge on any atom is 0.451 e. The van der Waals surface area contributed by atoms with Gasteiger partial charge < -0.3 is 10.1 Å². The smallest absolute Gasteiger partial charge is 0.363 e. The van der Waals surface area contributed by atoms with Gasteiger partial charge in [0.05, 0.1) is 22.7 Å². The van der Waals surface area contributed by atoms with E-state index in [4.69, 9.17) is 4.74 Å². The van der Waals surface area contributed by atoms with Gasteiger partial charge in [0.2, 0.25) is 5.82 Å². The molecule has 0 aromatic carbocycles. The molecule has 5 heterocycles. The molecule has 7 nitrogen and oxygen atoms in total. The van der Waals surface area contributed by atoms with Gasteiger partial charge in [0.15, 0.2) is 0 Å². The van der Waals surface area contributed by atoms with E-state index in [9.17, 15) is 18.0 Å². The Morgan fingerprint density at radius 2 is 1.88 bits per heavy atom. The number of pyridine rings is 1. The zero-order valence-corrected chi connectivity index (χ0v) is 24.3. The molecule has 0 bridgehead atoms. The van der Waals surface area contributed by atoms with Gasteiger partial charge in [-0.05, 0) is 56.2 Å². The first-order chi connectivity index (χ1) is 19.0. The van der Waals surface area contributed by atoms with Gasteiger partial charge >= 0.3 is 6.18 Å². The van der Waals surface area contributed by atoms with Crippen molar-refractivity contribution in [2.45, 2.75) is 75.4 Å². The second kappa shape index (κ2) is 11.4. The molecular formula is C28H32F3N5O2S2. The first-order valence-electron chi connectivity index (χ1n) is 13.3. The third kappa shape index (κ3) is 6.50. The number of aromatic nitrogens is 3. The summed E-state index contributed by atoms with van der Waals surface area (Å²) in [5, 5.41) is 3.01. The van der Waals surface area contributed by atoms with E-state index in [2.05, 4.69) is 45.9 Å². The number of likely N-dealkylation sites (tertiary alicyclic amines) is 1. The molecule has 1 N–H and O–H groups in total. The molecule has 3 aromatic rings. The van der Waals surface area contributed by atoms with Crippen molar-refractivity contribution < 1.29 is 22.7 Å². The Balaban J connectivity index is 1.25. The first kappa shape index (κ1) is 29.0. The molecule has 1 amide bonds. The fourth-order valence-corrected chi connectivity index (χ4v) is 7.30. The molecule has 3 aromatic heterocycles. The lowest BCUT2D eigenvalue weighted by atomic mass is 9.81. The van der Waals surface area contributed by atoms with Crippen LogP contribution in [0, 0.1) is 0 Å². The number of carbonyl (C=O) groups is 1. The minimum atomic E-state index is -4.55. The van der Waals surface area contributed by atoms with Crippen molar-refractivity contribution in [1.82, 2.24) is 25.2 Å². The summed E-state index contributed by atoms with van der Waals surface area (Å²) in [4.78, 5) is 29.6. The van der Waals surface area contributed by atoms with Crippen LogP contribution >= 0.6 is 23.1 Å². The first-order valence-corrected chi connectivity index (χ1v) is 15.1. The van der Waals surface area contributed by atoms with Crippen LogP contribution in [0.5, 0.6) is 0 Å². The van der Waals surface area contributed by atoms with Crippen molar-refractivity contribution in [1.29, 1.82) is 0 Å². The summed E-state index contributed by atoms with van der Waals surface area (Å²) in [5.74, 6) is -0.271. The van der Waals surface area contributed by atoms with Gasteiger partial charge in [-0.2, -0.15) is 13.2 Å². The second-order valence-corrected chi connectivity index (χ2v) is 13.2. The zero-order chi connectivity index (χ0) is 28.5. The van der Waals surface area contributed by atoms with E-state index in [0.29, 0.717) is 36.6 Å². The molecule has 0 unspecified atom stereocenters. The van der Waals surface area contributed by atoms with Crippen LogP contribution in [0.4, 0.5) is 13.2 Å². The summed E-state index contributed by atoms with van der Waals surface area (Å²) < 4.78 is 45.1. The molecular weight excluding hydrogens is 559 g/mol. The standard InChI is InChI=1S/C28H32F3N5O2S2/c1-4-39-21-6-5-20(32-16-21)15-33-24(37)22-11-19-12-26(2,3)38-27(23(19)40-22)7-9-36(10-8-27)17-18-13-34-25(35-14-18)28(29,30)31/h5-6,11,13-14,16H,4,7-10,12,15,17H2,1-3H3,(H,33,37). The molecule has 0 radical (unpaired) electrons. The van der Waals surface area contributed by atoms with Gasteiger partial charge in [-0.15, -0.1) is 23.1 Å². The van der Waals surface area contributed by atoms with Crippen LogP contribution in [0.1, 0.15) is 70.8 Å². The SMILES string of the molecule is CCSc1ccc(CNC(=O)c2cc3c(s2)C2(CCN(Cc4cnc(C(F)(F)F)nc4)CC2)OC(C)(C)C3)nc1. The molecule has 1 saturated heterocycles. The molecule has 2 aliphatic heterocycles. The lowest BCUT2D eigenvalue weighted by Gasteiger charge is -2.49. The van der Waals surface area contributed by atoms with Gasteiger partial charge in [-0.25, -0.2) is 9.97 Å². The Hall–Kier alpha value is -2.54. The lowest BCUT2D eigenvalue weighted by molar-refractivity contribution is -0.177. The predicted octanol–water partition coefficient (Wildman–Crippen LogP) is 5.84. The minimum Gasteiger partial charge on any atom is -0.363 e. The van der Waals surface area contributed by atoms with Crippen molar-refractivity contribution in [3.05, 3.63) is 69.2 Å². The number of alkyl halides is 3. The van der Waals surface area contributed by atoms with E-state index >= 15 is 0 Å². The van der Waals surface area contributed by atoms with Gasteiger partial charge in [-0.1, -0.05) is 6.92 Å². The van der Waals surface area contributed by atoms with Crippen LogP contribution in [0.3, 0.4) is 0 Å². The highest BCUT2D eigenvalue weighted by molar-refractivity contribution is 7.99. The summed E-state index contributed by atoms with van der Waals surface area (Å²) >= 11 is 3.22. The Morgan fingerprint density at radius 1 is 1.15 bits per heavy atom. The van der Waals surface area contributed by atoms with E-state index in [0.717, 1.165) is 46.0 Å². The monoisotopic (exact) mass is 591 g/mol. The summed E-state index contributed by atoms with van der Waals surface area (Å²) in [6.45, 7) is 8.48. The number of rotatable bonds is 7. The lowest BCUT2D eigenvalue weighted by Crippen LogP contribution is -2.51. The van der Waals surface area contributed by atoms with Crippen molar-refractivity contribution in [3.63, 3.8) is 0 Å². The number of hydrogen-bond donors (Lipinski definition) is 1. The largest absolute Gasteiger partial charge is 0.451 e. The number of thioether (sulfide) groups is 1. The number of fused-ring (bicyclic) bond motifs is 2. The highest BCUT2D eigenvalue weighted by Crippen LogP contribution is 2.49. The molecule has 1 fully saturated rings. The van der Waals surface area contributed by atoms with E-state index < -0.39 is 17.6 Å². The number of thiophene rings is 1. The number of carbonyl (C=O) groups excluding carboxylic acids is 1. The number of nitrogens with zero attached hydrogens (tertiary/aromatic N) is 4. The Morgan fingerprint density at radius 3 is 2.50 bits per heavy atom. The molecule has 2 aliphatic rings. The average molecular weight is 592 g/mol. The third-order valence-corrected chi connectivity index (χ3v) is 9.33. The molecule has 0 saturated carbocycles. The molecule has 40 heavy (non-hydrogen) atoms. The average Bonchev–Trinajstić information content (AvgIpc) is 3.33. The summed E-state index contributed by atoms with van der Waals surface area (Å²) in [6.07, 6.45) is 1.94. The fraction of sp³-hybridized carbons (Fsp3) is 0.500. The summed E-state index contributed by atoms with van der Waals surface area (Å²) in [5.41, 5.74) is 1.71. The van der Waals surface area contributed by atoms with E-state index in [1.807, 2.05) is 24.4 Å². The number of ether oxygens (including phenoxy) is 1. The van der Waals surface area contributed by atoms with Crippen molar-refractivity contribution in [2.75, 3.05) is 18.8 Å². The maximum atomic E-state index is 13.1. The van der Waals surface area contributed by atoms with Crippen LogP contribution in [-0.4, -0.2) is 50.2 Å². The van der Waals surface area contributed by atoms with Gasteiger partial charge in [0.1, 0.15) is 5.60 Å². The van der Waals surface area contributed by atoms with Crippen LogP contribution in [0.25, 0.3) is 0 Å². The topological polar surface area (TPSA) is 80.2 Å². The molecule has 0 atom stereocenters. The number of halogens is 3. The highest BCUT2D eigenvalue weighted by atomic mass is 32.2. The fourth-order valence-electron chi connectivity index (χ4n) is 5.40. The highest BCUT2D eigenvalue weighted by Gasteiger charge is 2.48.